The van der Waals surface area contributed by atoms with E-state index in [0.717, 1.165) is 40.9 Å². The highest BCUT2D eigenvalue weighted by Crippen LogP contribution is 2.44. The van der Waals surface area contributed by atoms with Gasteiger partial charge in [-0.2, -0.15) is 11.8 Å². The molecule has 0 saturated heterocycles. The molecular formula is C20H32O3S. The molecule has 0 bridgehead atoms. The van der Waals surface area contributed by atoms with E-state index < -0.39 is 5.60 Å². The summed E-state index contributed by atoms with van der Waals surface area (Å²) in [5.74, 6) is 1.82. The van der Waals surface area contributed by atoms with Gasteiger partial charge in [0.25, 0.3) is 0 Å². The van der Waals surface area contributed by atoms with Crippen LogP contribution in [0.3, 0.4) is 0 Å². The van der Waals surface area contributed by atoms with Crippen molar-refractivity contribution in [1.29, 1.82) is 0 Å². The minimum absolute atomic E-state index is 0.233. The van der Waals surface area contributed by atoms with Crippen LogP contribution in [0.25, 0.3) is 0 Å². The zero-order valence-electron chi connectivity index (χ0n) is 16.6. The van der Waals surface area contributed by atoms with Gasteiger partial charge in [0.2, 0.25) is 0 Å². The summed E-state index contributed by atoms with van der Waals surface area (Å²) in [7, 11) is 0. The van der Waals surface area contributed by atoms with Crippen LogP contribution in [0.1, 0.15) is 56.4 Å². The van der Waals surface area contributed by atoms with Gasteiger partial charge in [0.05, 0.1) is 0 Å². The second-order valence-corrected chi connectivity index (χ2v) is 8.48. The highest BCUT2D eigenvalue weighted by molar-refractivity contribution is 7.97. The maximum atomic E-state index is 11.3. The molecule has 2 rings (SSSR count). The molecule has 0 radical (unpaired) electrons. The third-order valence-corrected chi connectivity index (χ3v) is 4.18. The van der Waals surface area contributed by atoms with Crippen LogP contribution in [0.5, 0.6) is 11.5 Å². The van der Waals surface area contributed by atoms with Crippen molar-refractivity contribution < 1.29 is 14.3 Å². The van der Waals surface area contributed by atoms with E-state index in [1.807, 2.05) is 26.4 Å². The van der Waals surface area contributed by atoms with E-state index >= 15 is 0 Å². The monoisotopic (exact) mass is 352 g/mol. The van der Waals surface area contributed by atoms with Crippen molar-refractivity contribution >= 4 is 18.0 Å². The van der Waals surface area contributed by atoms with Gasteiger partial charge in [-0.1, -0.05) is 0 Å². The highest BCUT2D eigenvalue weighted by Gasteiger charge is 2.34. The molecule has 3 nitrogen and oxygen atoms in total. The summed E-state index contributed by atoms with van der Waals surface area (Å²) in [5, 5.41) is 0. The molecule has 0 aromatic heterocycles. The Kier molecular flexibility index (Phi) is 6.80. The number of carbonyl (C=O) groups is 1. The summed E-state index contributed by atoms with van der Waals surface area (Å²) in [6, 6.07) is 0. The summed E-state index contributed by atoms with van der Waals surface area (Å²) in [6.07, 6.45) is 6.56. The Morgan fingerprint density at radius 2 is 1.67 bits per heavy atom. The highest BCUT2D eigenvalue weighted by atomic mass is 32.2. The third-order valence-electron chi connectivity index (χ3n) is 4.18. The van der Waals surface area contributed by atoms with Crippen LogP contribution >= 0.6 is 11.8 Å². The fourth-order valence-corrected chi connectivity index (χ4v) is 2.79. The molecule has 1 heterocycles. The number of fused-ring (bicyclic) bond motifs is 1. The predicted molar refractivity (Wildman–Crippen MR) is 104 cm³/mol. The molecule has 1 aromatic rings. The first-order valence-electron chi connectivity index (χ1n) is 8.36. The number of hydrogen-bond donors (Lipinski definition) is 0. The average Bonchev–Trinajstić information content (AvgIpc) is 2.49. The van der Waals surface area contributed by atoms with Crippen LogP contribution < -0.4 is 9.47 Å². The number of carbonyl (C=O) groups excluding carboxylic acids is 1. The van der Waals surface area contributed by atoms with Crippen molar-refractivity contribution in [3.63, 3.8) is 0 Å². The van der Waals surface area contributed by atoms with Crippen molar-refractivity contribution in [3.8, 4) is 11.5 Å². The van der Waals surface area contributed by atoms with E-state index in [4.69, 9.17) is 9.47 Å². The number of hydrogen-bond acceptors (Lipinski definition) is 4. The maximum absolute atomic E-state index is 11.3. The van der Waals surface area contributed by atoms with E-state index in [-0.39, 0.29) is 5.60 Å². The Morgan fingerprint density at radius 1 is 1.12 bits per heavy atom. The predicted octanol–water partition coefficient (Wildman–Crippen LogP) is 5.05. The van der Waals surface area contributed by atoms with Gasteiger partial charge in [-0.25, -0.2) is 0 Å². The number of aldehydes is 1. The van der Waals surface area contributed by atoms with Crippen molar-refractivity contribution in [1.82, 2.24) is 0 Å². The molecule has 1 atom stereocenters. The van der Waals surface area contributed by atoms with E-state index in [1.54, 1.807) is 11.8 Å². The summed E-state index contributed by atoms with van der Waals surface area (Å²) in [4.78, 5) is 11.3. The lowest BCUT2D eigenvalue weighted by Gasteiger charge is -2.35. The molecule has 24 heavy (non-hydrogen) atoms. The Labute approximate surface area is 151 Å². The quantitative estimate of drug-likeness (QED) is 0.698. The molecule has 1 aliphatic heterocycles. The zero-order chi connectivity index (χ0) is 18.7. The molecule has 0 fully saturated rings. The Balaban J connectivity index is 0.000000891. The molecule has 0 amide bonds. The summed E-state index contributed by atoms with van der Waals surface area (Å²) in [5.41, 5.74) is 3.54. The fourth-order valence-electron chi connectivity index (χ4n) is 2.79. The first-order chi connectivity index (χ1) is 11.0. The average molecular weight is 353 g/mol. The standard InChI is InChI=1S/C18H26O3.C2H6S/c1-11-12(2)16-14(8-9-18(7,10-19)21-16)13(3)15(11)20-17(4,5)6;1-3-2/h10H,8-9H2,1-7H3;1-2H3/t18-;/m0./s1. The molecule has 0 spiro atoms. The van der Waals surface area contributed by atoms with E-state index in [2.05, 4.69) is 34.6 Å². The number of ether oxygens (including phenoxy) is 2. The zero-order valence-corrected chi connectivity index (χ0v) is 17.4. The Morgan fingerprint density at radius 3 is 2.12 bits per heavy atom. The minimum Gasteiger partial charge on any atom is -0.488 e. The Bertz CT molecular complexity index is 602. The molecule has 0 aliphatic carbocycles. The van der Waals surface area contributed by atoms with Crippen LogP contribution in [0.15, 0.2) is 0 Å². The molecular weight excluding hydrogens is 320 g/mol. The van der Waals surface area contributed by atoms with Crippen LogP contribution in [0.4, 0.5) is 0 Å². The minimum atomic E-state index is -0.705. The summed E-state index contributed by atoms with van der Waals surface area (Å²) >= 11 is 1.75. The topological polar surface area (TPSA) is 35.5 Å². The van der Waals surface area contributed by atoms with Crippen LogP contribution in [0.2, 0.25) is 0 Å². The normalized spacial score (nSPS) is 19.5. The van der Waals surface area contributed by atoms with E-state index in [0.29, 0.717) is 6.42 Å². The van der Waals surface area contributed by atoms with Crippen LogP contribution in [-0.4, -0.2) is 30.0 Å². The molecule has 0 N–H and O–H groups in total. The molecule has 1 aromatic carbocycles. The number of benzene rings is 1. The van der Waals surface area contributed by atoms with Gasteiger partial charge in [0.15, 0.2) is 11.9 Å². The first-order valence-corrected chi connectivity index (χ1v) is 10.00. The van der Waals surface area contributed by atoms with Gasteiger partial charge < -0.3 is 9.47 Å². The van der Waals surface area contributed by atoms with Gasteiger partial charge in [0.1, 0.15) is 17.1 Å². The fraction of sp³-hybridized carbons (Fsp3) is 0.650. The molecule has 0 saturated carbocycles. The smallest absolute Gasteiger partial charge is 0.163 e. The van der Waals surface area contributed by atoms with Crippen molar-refractivity contribution in [2.45, 2.75) is 72.5 Å². The van der Waals surface area contributed by atoms with Gasteiger partial charge in [-0.15, -0.1) is 0 Å². The van der Waals surface area contributed by atoms with Crippen molar-refractivity contribution in [2.24, 2.45) is 0 Å². The molecule has 0 unspecified atom stereocenters. The van der Waals surface area contributed by atoms with E-state index in [9.17, 15) is 4.79 Å². The van der Waals surface area contributed by atoms with Crippen LogP contribution in [-0.2, 0) is 11.2 Å². The number of rotatable bonds is 2. The molecule has 1 aliphatic rings. The van der Waals surface area contributed by atoms with Gasteiger partial charge in [-0.3, -0.25) is 4.79 Å². The molecule has 4 heteroatoms. The second kappa shape index (κ2) is 7.81. The summed E-state index contributed by atoms with van der Waals surface area (Å²) in [6.45, 7) is 14.2. The Hall–Kier alpha value is -1.16. The van der Waals surface area contributed by atoms with Crippen LogP contribution in [0, 0.1) is 20.8 Å². The maximum Gasteiger partial charge on any atom is 0.163 e. The largest absolute Gasteiger partial charge is 0.488 e. The third kappa shape index (κ3) is 4.69. The van der Waals surface area contributed by atoms with Gasteiger partial charge >= 0.3 is 0 Å². The first kappa shape index (κ1) is 20.9. The van der Waals surface area contributed by atoms with E-state index in [1.165, 1.54) is 5.56 Å². The lowest BCUT2D eigenvalue weighted by molar-refractivity contribution is -0.121. The molecule has 136 valence electrons. The van der Waals surface area contributed by atoms with Gasteiger partial charge in [-0.05, 0) is 90.5 Å². The van der Waals surface area contributed by atoms with Crippen molar-refractivity contribution in [2.75, 3.05) is 12.5 Å². The number of thioether (sulfide) groups is 1. The van der Waals surface area contributed by atoms with Gasteiger partial charge in [0, 0.05) is 5.56 Å². The lowest BCUT2D eigenvalue weighted by Crippen LogP contribution is -2.38. The summed E-state index contributed by atoms with van der Waals surface area (Å²) < 4.78 is 12.2. The van der Waals surface area contributed by atoms with Crippen molar-refractivity contribution in [3.05, 3.63) is 22.3 Å². The SMILES string of the molecule is CSC.Cc1c(C)c2c(c(C)c1OC(C)(C)C)CC[C@@](C)(C=O)O2. The second-order valence-electron chi connectivity index (χ2n) is 7.67. The lowest BCUT2D eigenvalue weighted by atomic mass is 9.87.